The molecule has 22 heavy (non-hydrogen) atoms. The van der Waals surface area contributed by atoms with Crippen molar-refractivity contribution in [2.24, 2.45) is 0 Å². The lowest BCUT2D eigenvalue weighted by molar-refractivity contribution is -0.198. The maximum absolute atomic E-state index is 13.2. The van der Waals surface area contributed by atoms with Crippen LogP contribution in [-0.2, 0) is 16.1 Å². The average Bonchev–Trinajstić information content (AvgIpc) is 2.49. The Labute approximate surface area is 127 Å². The van der Waals surface area contributed by atoms with Crippen molar-refractivity contribution >= 4 is 6.47 Å². The third-order valence-corrected chi connectivity index (χ3v) is 3.77. The number of carbonyl (C=O) groups excluding carboxylic acids is 1. The van der Waals surface area contributed by atoms with E-state index >= 15 is 0 Å². The van der Waals surface area contributed by atoms with E-state index in [2.05, 4.69) is 4.74 Å². The van der Waals surface area contributed by atoms with E-state index in [4.69, 9.17) is 0 Å². The summed E-state index contributed by atoms with van der Waals surface area (Å²) < 4.78 is 44.2. The van der Waals surface area contributed by atoms with E-state index in [0.29, 0.717) is 19.6 Å². The van der Waals surface area contributed by atoms with Gasteiger partial charge in [-0.05, 0) is 5.56 Å². The lowest BCUT2D eigenvalue weighted by Gasteiger charge is -2.41. The molecule has 0 aromatic heterocycles. The van der Waals surface area contributed by atoms with E-state index in [9.17, 15) is 18.0 Å². The zero-order valence-corrected chi connectivity index (χ0v) is 12.1. The van der Waals surface area contributed by atoms with Gasteiger partial charge in [0.1, 0.15) is 12.6 Å². The van der Waals surface area contributed by atoms with E-state index in [0.717, 1.165) is 5.56 Å². The van der Waals surface area contributed by atoms with Crippen LogP contribution in [0.4, 0.5) is 13.2 Å². The van der Waals surface area contributed by atoms with Crippen molar-refractivity contribution in [1.82, 2.24) is 9.80 Å². The summed E-state index contributed by atoms with van der Waals surface area (Å²) in [6, 6.07) is 7.93. The Kier molecular flexibility index (Phi) is 5.79. The summed E-state index contributed by atoms with van der Waals surface area (Å²) in [4.78, 5) is 13.3. The molecule has 0 N–H and O–H groups in total. The number of hydrogen-bond donors (Lipinski definition) is 0. The van der Waals surface area contributed by atoms with E-state index in [1.54, 1.807) is 0 Å². The number of halogens is 3. The Hall–Kier alpha value is -1.60. The summed E-state index contributed by atoms with van der Waals surface area (Å²) in [5.74, 6) is 0. The molecular formula is C15H19F3N2O2. The molecule has 0 bridgehead atoms. The van der Waals surface area contributed by atoms with Gasteiger partial charge in [0.05, 0.1) is 0 Å². The van der Waals surface area contributed by atoms with Crippen molar-refractivity contribution in [1.29, 1.82) is 0 Å². The van der Waals surface area contributed by atoms with E-state index in [1.807, 2.05) is 35.2 Å². The monoisotopic (exact) mass is 316 g/mol. The van der Waals surface area contributed by atoms with Crippen LogP contribution < -0.4 is 0 Å². The predicted octanol–water partition coefficient (Wildman–Crippen LogP) is 1.91. The molecule has 122 valence electrons. The molecule has 0 amide bonds. The third kappa shape index (κ3) is 4.71. The van der Waals surface area contributed by atoms with Gasteiger partial charge >= 0.3 is 6.18 Å². The second-order valence-corrected chi connectivity index (χ2v) is 5.28. The molecule has 0 radical (unpaired) electrons. The number of nitrogens with zero attached hydrogens (tertiary/aromatic N) is 2. The first kappa shape index (κ1) is 16.8. The van der Waals surface area contributed by atoms with Crippen molar-refractivity contribution in [2.45, 2.75) is 18.8 Å². The number of hydrogen-bond acceptors (Lipinski definition) is 4. The summed E-state index contributed by atoms with van der Waals surface area (Å²) in [5.41, 5.74) is 1.00. The quantitative estimate of drug-likeness (QED) is 0.593. The molecule has 4 nitrogen and oxygen atoms in total. The molecule has 0 saturated carbocycles. The van der Waals surface area contributed by atoms with Crippen LogP contribution in [0.25, 0.3) is 0 Å². The first-order chi connectivity index (χ1) is 10.5. The van der Waals surface area contributed by atoms with E-state index < -0.39 is 12.2 Å². The lowest BCUT2D eigenvalue weighted by Crippen LogP contribution is -2.59. The van der Waals surface area contributed by atoms with Gasteiger partial charge in [-0.25, -0.2) is 0 Å². The molecule has 1 atom stereocenters. The summed E-state index contributed by atoms with van der Waals surface area (Å²) in [7, 11) is 0. The minimum atomic E-state index is -4.30. The number of benzene rings is 1. The van der Waals surface area contributed by atoms with Gasteiger partial charge in [-0.1, -0.05) is 30.3 Å². The highest BCUT2D eigenvalue weighted by Crippen LogP contribution is 2.28. The Morgan fingerprint density at radius 1 is 1.23 bits per heavy atom. The SMILES string of the molecule is O=COCCN1CCN(Cc2ccccc2)CC1C(F)(F)F. The summed E-state index contributed by atoms with van der Waals surface area (Å²) in [6.45, 7) is 1.64. The topological polar surface area (TPSA) is 32.8 Å². The number of alkyl halides is 3. The molecule has 0 aliphatic carbocycles. The van der Waals surface area contributed by atoms with Crippen molar-refractivity contribution in [3.05, 3.63) is 35.9 Å². The van der Waals surface area contributed by atoms with Crippen LogP contribution in [0.2, 0.25) is 0 Å². The Balaban J connectivity index is 1.97. The second-order valence-electron chi connectivity index (χ2n) is 5.28. The Morgan fingerprint density at radius 2 is 1.95 bits per heavy atom. The summed E-state index contributed by atoms with van der Waals surface area (Å²) in [5, 5.41) is 0. The average molecular weight is 316 g/mol. The molecule has 1 saturated heterocycles. The normalized spacial score (nSPS) is 20.8. The van der Waals surface area contributed by atoms with E-state index in [-0.39, 0.29) is 26.2 Å². The fourth-order valence-electron chi connectivity index (χ4n) is 2.66. The maximum atomic E-state index is 13.2. The molecule has 2 rings (SSSR count). The van der Waals surface area contributed by atoms with E-state index in [1.165, 1.54) is 4.90 Å². The molecule has 1 aromatic carbocycles. The van der Waals surface area contributed by atoms with Crippen LogP contribution in [0, 0.1) is 0 Å². The number of carbonyl (C=O) groups is 1. The molecule has 1 aliphatic rings. The van der Waals surface area contributed by atoms with Gasteiger partial charge in [0.15, 0.2) is 0 Å². The second kappa shape index (κ2) is 7.60. The van der Waals surface area contributed by atoms with Gasteiger partial charge in [-0.2, -0.15) is 13.2 Å². The number of piperazine rings is 1. The molecule has 1 aliphatic heterocycles. The highest BCUT2D eigenvalue weighted by molar-refractivity contribution is 5.36. The highest BCUT2D eigenvalue weighted by atomic mass is 19.4. The fourth-order valence-corrected chi connectivity index (χ4v) is 2.66. The maximum Gasteiger partial charge on any atom is 0.405 e. The zero-order valence-electron chi connectivity index (χ0n) is 12.1. The van der Waals surface area contributed by atoms with Gasteiger partial charge < -0.3 is 4.74 Å². The first-order valence-electron chi connectivity index (χ1n) is 7.13. The molecule has 1 aromatic rings. The predicted molar refractivity (Wildman–Crippen MR) is 75.2 cm³/mol. The smallest absolute Gasteiger partial charge is 0.405 e. The molecule has 1 fully saturated rings. The van der Waals surface area contributed by atoms with Crippen molar-refractivity contribution < 1.29 is 22.7 Å². The molecule has 7 heteroatoms. The number of ether oxygens (including phenoxy) is 1. The zero-order chi connectivity index (χ0) is 16.0. The third-order valence-electron chi connectivity index (χ3n) is 3.77. The largest absolute Gasteiger partial charge is 0.467 e. The van der Waals surface area contributed by atoms with Gasteiger partial charge in [0.2, 0.25) is 0 Å². The standard InChI is InChI=1S/C15H19F3N2O2/c16-15(17,18)14-11-19(10-13-4-2-1-3-5-13)6-7-20(14)8-9-22-12-21/h1-5,12,14H,6-11H2. The van der Waals surface area contributed by atoms with Crippen LogP contribution in [0.15, 0.2) is 30.3 Å². The molecule has 0 spiro atoms. The summed E-state index contributed by atoms with van der Waals surface area (Å²) in [6.07, 6.45) is -4.30. The van der Waals surface area contributed by atoms with Crippen molar-refractivity contribution in [2.75, 3.05) is 32.8 Å². The first-order valence-corrected chi connectivity index (χ1v) is 7.13. The van der Waals surface area contributed by atoms with Gasteiger partial charge in [-0.15, -0.1) is 0 Å². The van der Waals surface area contributed by atoms with Crippen LogP contribution in [0.1, 0.15) is 5.56 Å². The Morgan fingerprint density at radius 3 is 2.59 bits per heavy atom. The summed E-state index contributed by atoms with van der Waals surface area (Å²) >= 11 is 0. The fraction of sp³-hybridized carbons (Fsp3) is 0.533. The Bertz CT molecular complexity index is 468. The van der Waals surface area contributed by atoms with Crippen LogP contribution in [0.3, 0.4) is 0 Å². The van der Waals surface area contributed by atoms with Gasteiger partial charge in [-0.3, -0.25) is 14.6 Å². The minimum Gasteiger partial charge on any atom is -0.467 e. The van der Waals surface area contributed by atoms with Crippen LogP contribution >= 0.6 is 0 Å². The molecular weight excluding hydrogens is 297 g/mol. The van der Waals surface area contributed by atoms with Crippen molar-refractivity contribution in [3.63, 3.8) is 0 Å². The lowest BCUT2D eigenvalue weighted by atomic mass is 10.1. The highest BCUT2D eigenvalue weighted by Gasteiger charge is 2.46. The minimum absolute atomic E-state index is 0.0191. The van der Waals surface area contributed by atoms with Crippen molar-refractivity contribution in [3.8, 4) is 0 Å². The van der Waals surface area contributed by atoms with Gasteiger partial charge in [0.25, 0.3) is 6.47 Å². The number of rotatable bonds is 6. The van der Waals surface area contributed by atoms with Crippen LogP contribution in [-0.4, -0.2) is 61.3 Å². The molecule has 1 heterocycles. The van der Waals surface area contributed by atoms with Crippen LogP contribution in [0.5, 0.6) is 0 Å². The van der Waals surface area contributed by atoms with Gasteiger partial charge in [0, 0.05) is 32.7 Å². The molecule has 1 unspecified atom stereocenters.